The minimum Gasteiger partial charge on any atom is -0.507 e. The van der Waals surface area contributed by atoms with Crippen molar-refractivity contribution in [1.82, 2.24) is 4.98 Å². The summed E-state index contributed by atoms with van der Waals surface area (Å²) in [4.78, 5) is 7.41. The molecule has 1 aromatic heterocycles. The van der Waals surface area contributed by atoms with Gasteiger partial charge in [-0.1, -0.05) is 17.4 Å². The number of methoxy groups -OCH3 is 1. The van der Waals surface area contributed by atoms with Crippen LogP contribution in [0.5, 0.6) is 11.6 Å². The Morgan fingerprint density at radius 1 is 1.33 bits per heavy atom. The van der Waals surface area contributed by atoms with Gasteiger partial charge in [0.25, 0.3) is 0 Å². The number of aromatic hydroxyl groups is 1. The van der Waals surface area contributed by atoms with E-state index in [9.17, 15) is 5.11 Å². The number of thiazole rings is 1. The highest BCUT2D eigenvalue weighted by Gasteiger charge is 2.14. The van der Waals surface area contributed by atoms with E-state index in [4.69, 9.17) is 4.74 Å². The lowest BCUT2D eigenvalue weighted by Crippen LogP contribution is -2.07. The molecular weight excluding hydrogens is 286 g/mol. The molecule has 2 rings (SSSR count). The molecule has 0 aliphatic carbocycles. The lowest BCUT2D eigenvalue weighted by atomic mass is 10.1. The van der Waals surface area contributed by atoms with Gasteiger partial charge in [0.1, 0.15) is 5.75 Å². The lowest BCUT2D eigenvalue weighted by molar-refractivity contribution is 0.397. The van der Waals surface area contributed by atoms with E-state index >= 15 is 0 Å². The zero-order valence-corrected chi connectivity index (χ0v) is 13.8. The fourth-order valence-electron chi connectivity index (χ4n) is 1.99. The second-order valence-corrected chi connectivity index (χ2v) is 6.14. The van der Waals surface area contributed by atoms with Crippen molar-refractivity contribution in [2.75, 3.05) is 31.4 Å². The quantitative estimate of drug-likeness (QED) is 0.888. The molecule has 5 nitrogen and oxygen atoms in total. The number of nitrogens with zero attached hydrogens (tertiary/aromatic N) is 2. The summed E-state index contributed by atoms with van der Waals surface area (Å²) in [7, 11) is 5.54. The van der Waals surface area contributed by atoms with Crippen molar-refractivity contribution in [3.63, 3.8) is 0 Å². The Bertz CT molecular complexity index is 638. The Hall–Kier alpha value is -1.95. The maximum Gasteiger partial charge on any atom is 0.231 e. The van der Waals surface area contributed by atoms with Crippen LogP contribution in [-0.2, 0) is 6.54 Å². The number of phenols is 1. The van der Waals surface area contributed by atoms with Gasteiger partial charge in [0.2, 0.25) is 5.88 Å². The molecule has 0 saturated carbocycles. The number of benzene rings is 1. The first kappa shape index (κ1) is 15.4. The summed E-state index contributed by atoms with van der Waals surface area (Å²) in [5.74, 6) is 0.982. The van der Waals surface area contributed by atoms with Gasteiger partial charge in [-0.05, 0) is 25.5 Å². The van der Waals surface area contributed by atoms with E-state index in [1.165, 1.54) is 0 Å². The second kappa shape index (κ2) is 6.22. The molecule has 0 bridgehead atoms. The number of phenolic OH excluding ortho intramolecular Hbond substituents is 1. The van der Waals surface area contributed by atoms with E-state index in [1.54, 1.807) is 18.4 Å². The SMILES string of the molecule is COc1nc(N(C)C)sc1CNc1ccc(C)c(O)c1C. The summed E-state index contributed by atoms with van der Waals surface area (Å²) in [5.41, 5.74) is 2.65. The van der Waals surface area contributed by atoms with Gasteiger partial charge in [0.05, 0.1) is 18.5 Å². The number of aryl methyl sites for hydroxylation is 1. The van der Waals surface area contributed by atoms with Gasteiger partial charge < -0.3 is 20.1 Å². The van der Waals surface area contributed by atoms with Crippen molar-refractivity contribution in [1.29, 1.82) is 0 Å². The molecule has 2 N–H and O–H groups in total. The first-order valence-corrected chi connectivity index (χ1v) is 7.49. The molecule has 0 radical (unpaired) electrons. The van der Waals surface area contributed by atoms with Crippen LogP contribution in [0.25, 0.3) is 0 Å². The zero-order chi connectivity index (χ0) is 15.6. The van der Waals surface area contributed by atoms with Crippen LogP contribution in [0.4, 0.5) is 10.8 Å². The predicted octanol–water partition coefficient (Wildman–Crippen LogP) is 3.15. The third-order valence-electron chi connectivity index (χ3n) is 3.30. The number of rotatable bonds is 5. The topological polar surface area (TPSA) is 57.6 Å². The van der Waals surface area contributed by atoms with Crippen LogP contribution in [0.3, 0.4) is 0 Å². The minimum atomic E-state index is 0.338. The minimum absolute atomic E-state index is 0.338. The first-order chi connectivity index (χ1) is 9.93. The molecule has 6 heteroatoms. The second-order valence-electron chi connectivity index (χ2n) is 5.08. The summed E-state index contributed by atoms with van der Waals surface area (Å²) >= 11 is 1.59. The average molecular weight is 307 g/mol. The molecule has 2 aromatic rings. The largest absolute Gasteiger partial charge is 0.507 e. The molecule has 21 heavy (non-hydrogen) atoms. The highest BCUT2D eigenvalue weighted by molar-refractivity contribution is 7.15. The standard InChI is InChI=1S/C15H21N3O2S/c1-9-6-7-11(10(2)13(9)19)16-8-12-14(20-5)17-15(21-12)18(3)4/h6-7,16,19H,8H2,1-5H3. The molecular formula is C15H21N3O2S. The fourth-order valence-corrected chi connectivity index (χ4v) is 2.88. The molecule has 0 spiro atoms. The highest BCUT2D eigenvalue weighted by Crippen LogP contribution is 2.32. The van der Waals surface area contributed by atoms with Gasteiger partial charge >= 0.3 is 0 Å². The van der Waals surface area contributed by atoms with Gasteiger partial charge in [0.15, 0.2) is 5.13 Å². The molecule has 0 aliphatic rings. The van der Waals surface area contributed by atoms with Crippen molar-refractivity contribution in [3.8, 4) is 11.6 Å². The van der Waals surface area contributed by atoms with E-state index in [0.29, 0.717) is 18.2 Å². The van der Waals surface area contributed by atoms with E-state index in [-0.39, 0.29) is 0 Å². The Morgan fingerprint density at radius 3 is 2.67 bits per heavy atom. The number of aromatic nitrogens is 1. The number of anilines is 2. The summed E-state index contributed by atoms with van der Waals surface area (Å²) in [6.45, 7) is 4.40. The Labute approximate surface area is 129 Å². The monoisotopic (exact) mass is 307 g/mol. The molecule has 114 valence electrons. The molecule has 1 aromatic carbocycles. The van der Waals surface area contributed by atoms with E-state index < -0.39 is 0 Å². The van der Waals surface area contributed by atoms with Crippen molar-refractivity contribution in [2.24, 2.45) is 0 Å². The molecule has 1 heterocycles. The Morgan fingerprint density at radius 2 is 2.05 bits per heavy atom. The number of hydrogen-bond acceptors (Lipinski definition) is 6. The van der Waals surface area contributed by atoms with Crippen LogP contribution in [-0.4, -0.2) is 31.3 Å². The average Bonchev–Trinajstić information content (AvgIpc) is 2.87. The fraction of sp³-hybridized carbons (Fsp3) is 0.400. The van der Waals surface area contributed by atoms with Crippen molar-refractivity contribution < 1.29 is 9.84 Å². The van der Waals surface area contributed by atoms with E-state index in [0.717, 1.165) is 26.8 Å². The Balaban J connectivity index is 2.18. The van der Waals surface area contributed by atoms with Gasteiger partial charge in [-0.15, -0.1) is 0 Å². The maximum absolute atomic E-state index is 9.98. The zero-order valence-electron chi connectivity index (χ0n) is 13.0. The molecule has 0 aliphatic heterocycles. The summed E-state index contributed by atoms with van der Waals surface area (Å²) in [6, 6.07) is 3.88. The lowest BCUT2D eigenvalue weighted by Gasteiger charge is -2.12. The van der Waals surface area contributed by atoms with E-state index in [1.807, 2.05) is 45.0 Å². The van der Waals surface area contributed by atoms with Gasteiger partial charge in [-0.25, -0.2) is 0 Å². The molecule has 0 atom stereocenters. The highest BCUT2D eigenvalue weighted by atomic mass is 32.1. The number of hydrogen-bond donors (Lipinski definition) is 2. The third-order valence-corrected chi connectivity index (χ3v) is 4.50. The number of ether oxygens (including phenoxy) is 1. The van der Waals surface area contributed by atoms with Crippen LogP contribution in [0, 0.1) is 13.8 Å². The maximum atomic E-state index is 9.98. The summed E-state index contributed by atoms with van der Waals surface area (Å²) < 4.78 is 5.32. The normalized spacial score (nSPS) is 10.5. The van der Waals surface area contributed by atoms with Crippen LogP contribution >= 0.6 is 11.3 Å². The first-order valence-electron chi connectivity index (χ1n) is 6.68. The molecule has 0 saturated heterocycles. The van der Waals surface area contributed by atoms with Crippen LogP contribution < -0.4 is 15.0 Å². The van der Waals surface area contributed by atoms with Crippen LogP contribution in [0.15, 0.2) is 12.1 Å². The van der Waals surface area contributed by atoms with Crippen molar-refractivity contribution in [2.45, 2.75) is 20.4 Å². The molecule has 0 amide bonds. The van der Waals surface area contributed by atoms with Crippen LogP contribution in [0.2, 0.25) is 0 Å². The van der Waals surface area contributed by atoms with Crippen molar-refractivity contribution in [3.05, 3.63) is 28.1 Å². The van der Waals surface area contributed by atoms with Gasteiger partial charge in [-0.2, -0.15) is 4.98 Å². The van der Waals surface area contributed by atoms with Crippen molar-refractivity contribution >= 4 is 22.2 Å². The van der Waals surface area contributed by atoms with Gasteiger partial charge in [-0.3, -0.25) is 0 Å². The summed E-state index contributed by atoms with van der Waals surface area (Å²) in [5, 5.41) is 14.2. The Kier molecular flexibility index (Phi) is 4.57. The summed E-state index contributed by atoms with van der Waals surface area (Å²) in [6.07, 6.45) is 0. The third kappa shape index (κ3) is 3.21. The molecule has 0 unspecified atom stereocenters. The van der Waals surface area contributed by atoms with Crippen LogP contribution in [0.1, 0.15) is 16.0 Å². The van der Waals surface area contributed by atoms with Gasteiger partial charge in [0, 0.05) is 25.3 Å². The van der Waals surface area contributed by atoms with E-state index in [2.05, 4.69) is 10.3 Å². The number of nitrogens with one attached hydrogen (secondary N) is 1. The molecule has 0 fully saturated rings. The predicted molar refractivity (Wildman–Crippen MR) is 87.9 cm³/mol. The smallest absolute Gasteiger partial charge is 0.231 e.